The zero-order chi connectivity index (χ0) is 17.3. The van der Waals surface area contributed by atoms with E-state index in [0.29, 0.717) is 16.5 Å². The summed E-state index contributed by atoms with van der Waals surface area (Å²) in [5.74, 6) is 0.814. The summed E-state index contributed by atoms with van der Waals surface area (Å²) in [4.78, 5) is 31.7. The van der Waals surface area contributed by atoms with E-state index in [1.807, 2.05) is 18.4 Å². The number of nitrogens with zero attached hydrogens (tertiary/aromatic N) is 3. The average molecular weight is 327 g/mol. The van der Waals surface area contributed by atoms with Crippen molar-refractivity contribution in [3.63, 3.8) is 0 Å². The van der Waals surface area contributed by atoms with E-state index in [4.69, 9.17) is 4.98 Å². The van der Waals surface area contributed by atoms with Crippen molar-refractivity contribution in [2.45, 2.75) is 58.5 Å². The van der Waals surface area contributed by atoms with Crippen LogP contribution >= 0.6 is 0 Å². The van der Waals surface area contributed by atoms with E-state index in [-0.39, 0.29) is 17.5 Å². The quantitative estimate of drug-likeness (QED) is 0.852. The van der Waals surface area contributed by atoms with Crippen LogP contribution in [0.4, 0.5) is 0 Å². The molecule has 0 radical (unpaired) electrons. The first kappa shape index (κ1) is 16.7. The van der Waals surface area contributed by atoms with Crippen LogP contribution in [0.3, 0.4) is 0 Å². The van der Waals surface area contributed by atoms with Crippen molar-refractivity contribution in [3.05, 3.63) is 39.9 Å². The molecule has 0 bridgehead atoms. The predicted octanol–water partition coefficient (Wildman–Crippen LogP) is 2.99. The Morgan fingerprint density at radius 3 is 2.71 bits per heavy atom. The number of amides is 1. The standard InChI is InChI=1S/C19H25N3O2/c1-13(2)21(3)18(23)14-9-10-15-16(12-14)20-17-8-6-4-5-7-11-22(17)19(15)24/h9-10,12-13H,4-8,11H2,1-3H3. The normalized spacial score (nSPS) is 15.0. The minimum Gasteiger partial charge on any atom is -0.339 e. The molecule has 0 unspecified atom stereocenters. The highest BCUT2D eigenvalue weighted by Gasteiger charge is 2.17. The second-order valence-electron chi connectivity index (χ2n) is 6.89. The molecule has 3 rings (SSSR count). The predicted molar refractivity (Wildman–Crippen MR) is 95.4 cm³/mol. The molecule has 5 heteroatoms. The maximum Gasteiger partial charge on any atom is 0.261 e. The molecular formula is C19H25N3O2. The highest BCUT2D eigenvalue weighted by atomic mass is 16.2. The summed E-state index contributed by atoms with van der Waals surface area (Å²) >= 11 is 0. The molecule has 1 aromatic heterocycles. The van der Waals surface area contributed by atoms with Gasteiger partial charge in [0.05, 0.1) is 10.9 Å². The van der Waals surface area contributed by atoms with Crippen molar-refractivity contribution in [1.29, 1.82) is 0 Å². The number of fused-ring (bicyclic) bond motifs is 2. The van der Waals surface area contributed by atoms with E-state index in [1.165, 1.54) is 12.8 Å². The molecule has 0 atom stereocenters. The molecule has 0 fully saturated rings. The van der Waals surface area contributed by atoms with Gasteiger partial charge >= 0.3 is 0 Å². The van der Waals surface area contributed by atoms with Crippen LogP contribution in [0.5, 0.6) is 0 Å². The Morgan fingerprint density at radius 2 is 1.96 bits per heavy atom. The molecule has 24 heavy (non-hydrogen) atoms. The minimum atomic E-state index is -0.0412. The van der Waals surface area contributed by atoms with Crippen LogP contribution in [0.25, 0.3) is 10.9 Å². The number of hydrogen-bond donors (Lipinski definition) is 0. The molecule has 0 spiro atoms. The molecule has 2 heterocycles. The van der Waals surface area contributed by atoms with Crippen molar-refractivity contribution in [2.24, 2.45) is 0 Å². The summed E-state index contributed by atoms with van der Waals surface area (Å²) in [6.07, 6.45) is 5.27. The molecule has 0 aliphatic carbocycles. The van der Waals surface area contributed by atoms with Gasteiger partial charge in [0.1, 0.15) is 5.82 Å². The monoisotopic (exact) mass is 327 g/mol. The van der Waals surface area contributed by atoms with Crippen LogP contribution in [0.15, 0.2) is 23.0 Å². The summed E-state index contributed by atoms with van der Waals surface area (Å²) in [7, 11) is 1.79. The minimum absolute atomic E-state index is 0.0214. The van der Waals surface area contributed by atoms with Gasteiger partial charge in [-0.15, -0.1) is 0 Å². The largest absolute Gasteiger partial charge is 0.339 e. The molecular weight excluding hydrogens is 302 g/mol. The van der Waals surface area contributed by atoms with E-state index in [1.54, 1.807) is 30.1 Å². The van der Waals surface area contributed by atoms with Gasteiger partial charge < -0.3 is 4.90 Å². The van der Waals surface area contributed by atoms with Gasteiger partial charge in [-0.2, -0.15) is 0 Å². The van der Waals surface area contributed by atoms with Gasteiger partial charge in [0.15, 0.2) is 0 Å². The van der Waals surface area contributed by atoms with Gasteiger partial charge in [0.25, 0.3) is 11.5 Å². The molecule has 2 aromatic rings. The summed E-state index contributed by atoms with van der Waals surface area (Å²) in [5.41, 5.74) is 1.24. The maximum atomic E-state index is 12.8. The van der Waals surface area contributed by atoms with E-state index in [0.717, 1.165) is 31.6 Å². The number of carbonyl (C=O) groups excluding carboxylic acids is 1. The lowest BCUT2D eigenvalue weighted by molar-refractivity contribution is 0.0755. The van der Waals surface area contributed by atoms with Crippen molar-refractivity contribution >= 4 is 16.8 Å². The van der Waals surface area contributed by atoms with E-state index in [9.17, 15) is 9.59 Å². The topological polar surface area (TPSA) is 55.2 Å². The zero-order valence-corrected chi connectivity index (χ0v) is 14.7. The smallest absolute Gasteiger partial charge is 0.261 e. The van der Waals surface area contributed by atoms with Crippen LogP contribution in [0.2, 0.25) is 0 Å². The first-order valence-electron chi connectivity index (χ1n) is 8.79. The fourth-order valence-corrected chi connectivity index (χ4v) is 3.17. The van der Waals surface area contributed by atoms with Crippen LogP contribution in [-0.4, -0.2) is 33.4 Å². The van der Waals surface area contributed by atoms with Gasteiger partial charge in [0.2, 0.25) is 0 Å². The number of rotatable bonds is 2. The van der Waals surface area contributed by atoms with Crippen molar-refractivity contribution in [3.8, 4) is 0 Å². The molecule has 1 aliphatic rings. The zero-order valence-electron chi connectivity index (χ0n) is 14.7. The Labute approximate surface area is 142 Å². The summed E-state index contributed by atoms with van der Waals surface area (Å²) in [6.45, 7) is 4.70. The van der Waals surface area contributed by atoms with Crippen molar-refractivity contribution < 1.29 is 4.79 Å². The third kappa shape index (κ3) is 3.07. The Hall–Kier alpha value is -2.17. The average Bonchev–Trinajstić information content (AvgIpc) is 2.54. The van der Waals surface area contributed by atoms with Crippen molar-refractivity contribution in [2.75, 3.05) is 7.05 Å². The van der Waals surface area contributed by atoms with E-state index < -0.39 is 0 Å². The first-order valence-corrected chi connectivity index (χ1v) is 8.79. The van der Waals surface area contributed by atoms with Gasteiger partial charge in [-0.3, -0.25) is 14.2 Å². The Morgan fingerprint density at radius 1 is 1.21 bits per heavy atom. The SMILES string of the molecule is CC(C)N(C)C(=O)c1ccc2c(=O)n3c(nc2c1)CCCCCC3. The summed E-state index contributed by atoms with van der Waals surface area (Å²) in [6, 6.07) is 5.38. The number of benzene rings is 1. The fraction of sp³-hybridized carbons (Fsp3) is 0.526. The molecule has 0 saturated carbocycles. The summed E-state index contributed by atoms with van der Waals surface area (Å²) < 4.78 is 1.82. The molecule has 1 aromatic carbocycles. The lowest BCUT2D eigenvalue weighted by Gasteiger charge is -2.21. The molecule has 1 amide bonds. The van der Waals surface area contributed by atoms with Gasteiger partial charge in [0, 0.05) is 31.6 Å². The van der Waals surface area contributed by atoms with Gasteiger partial charge in [-0.25, -0.2) is 4.98 Å². The third-order valence-corrected chi connectivity index (χ3v) is 4.91. The number of hydrogen-bond acceptors (Lipinski definition) is 3. The number of aromatic nitrogens is 2. The van der Waals surface area contributed by atoms with Gasteiger partial charge in [-0.1, -0.05) is 12.8 Å². The second kappa shape index (κ2) is 6.75. The highest BCUT2D eigenvalue weighted by Crippen LogP contribution is 2.17. The highest BCUT2D eigenvalue weighted by molar-refractivity contribution is 5.97. The van der Waals surface area contributed by atoms with Crippen LogP contribution < -0.4 is 5.56 Å². The second-order valence-corrected chi connectivity index (χ2v) is 6.89. The fourth-order valence-electron chi connectivity index (χ4n) is 3.17. The molecule has 1 aliphatic heterocycles. The van der Waals surface area contributed by atoms with Crippen molar-refractivity contribution in [1.82, 2.24) is 14.5 Å². The Kier molecular flexibility index (Phi) is 4.69. The number of aryl methyl sites for hydroxylation is 1. The lowest BCUT2D eigenvalue weighted by Crippen LogP contribution is -2.33. The molecule has 0 N–H and O–H groups in total. The van der Waals surface area contributed by atoms with Crippen LogP contribution in [-0.2, 0) is 13.0 Å². The van der Waals surface area contributed by atoms with Gasteiger partial charge in [-0.05, 0) is 44.9 Å². The molecule has 0 saturated heterocycles. The lowest BCUT2D eigenvalue weighted by atomic mass is 10.1. The van der Waals surface area contributed by atoms with Crippen LogP contribution in [0.1, 0.15) is 55.7 Å². The molecule has 5 nitrogen and oxygen atoms in total. The molecule has 128 valence electrons. The number of carbonyl (C=O) groups is 1. The Bertz CT molecular complexity index is 823. The van der Waals surface area contributed by atoms with Crippen LogP contribution in [0, 0.1) is 0 Å². The first-order chi connectivity index (χ1) is 11.5. The summed E-state index contributed by atoms with van der Waals surface area (Å²) in [5, 5.41) is 0.600. The maximum absolute atomic E-state index is 12.8. The van der Waals surface area contributed by atoms with E-state index >= 15 is 0 Å². The van der Waals surface area contributed by atoms with E-state index in [2.05, 4.69) is 0 Å². The third-order valence-electron chi connectivity index (χ3n) is 4.91. The Balaban J connectivity index is 2.08.